The van der Waals surface area contributed by atoms with Gasteiger partial charge in [-0.25, -0.2) is 8.42 Å². The fourth-order valence-corrected chi connectivity index (χ4v) is 3.99. The van der Waals surface area contributed by atoms with Gasteiger partial charge in [-0.15, -0.1) is 0 Å². The van der Waals surface area contributed by atoms with Gasteiger partial charge in [-0.1, -0.05) is 11.6 Å². The molecule has 0 aliphatic carbocycles. The number of hydrogen-bond donors (Lipinski definition) is 1. The highest BCUT2D eigenvalue weighted by Crippen LogP contribution is 2.30. The van der Waals surface area contributed by atoms with Crippen LogP contribution in [0.2, 0.25) is 5.02 Å². The summed E-state index contributed by atoms with van der Waals surface area (Å²) < 4.78 is 26.2. The van der Waals surface area contributed by atoms with Gasteiger partial charge in [0.2, 0.25) is 10.0 Å². The van der Waals surface area contributed by atoms with Crippen LogP contribution in [-0.4, -0.2) is 36.8 Å². The summed E-state index contributed by atoms with van der Waals surface area (Å²) in [5.41, 5.74) is 5.26. The third-order valence-electron chi connectivity index (χ3n) is 3.23. The fraction of sp³-hybridized carbons (Fsp3) is 0.455. The molecule has 1 heterocycles. The Kier molecular flexibility index (Phi) is 4.28. The first kappa shape index (κ1) is 15.2. The van der Waals surface area contributed by atoms with Crippen molar-refractivity contribution in [3.8, 4) is 0 Å². The minimum atomic E-state index is -3.93. The van der Waals surface area contributed by atoms with E-state index in [1.807, 2.05) is 0 Å². The Hall–Kier alpha value is -1.22. The van der Waals surface area contributed by atoms with E-state index in [-0.39, 0.29) is 29.0 Å². The molecular formula is C11H14ClN3O4S. The minimum Gasteiger partial charge on any atom is -0.328 e. The second-order valence-corrected chi connectivity index (χ2v) is 6.95. The molecule has 0 amide bonds. The Morgan fingerprint density at radius 1 is 1.35 bits per heavy atom. The number of nitrogens with zero attached hydrogens (tertiary/aromatic N) is 2. The summed E-state index contributed by atoms with van der Waals surface area (Å²) in [5.74, 6) is 0. The van der Waals surface area contributed by atoms with E-state index in [0.717, 1.165) is 12.1 Å². The van der Waals surface area contributed by atoms with Crippen LogP contribution in [0.4, 0.5) is 5.69 Å². The second kappa shape index (κ2) is 5.65. The average Bonchev–Trinajstić information content (AvgIpc) is 2.38. The van der Waals surface area contributed by atoms with Crippen LogP contribution in [0.3, 0.4) is 0 Å². The normalized spacial score (nSPS) is 18.1. The lowest BCUT2D eigenvalue weighted by atomic mass is 10.1. The van der Waals surface area contributed by atoms with Crippen LogP contribution < -0.4 is 5.73 Å². The monoisotopic (exact) mass is 319 g/mol. The summed E-state index contributed by atoms with van der Waals surface area (Å²) in [6.45, 7) is 0.514. The lowest BCUT2D eigenvalue weighted by Crippen LogP contribution is -2.42. The van der Waals surface area contributed by atoms with E-state index < -0.39 is 20.6 Å². The van der Waals surface area contributed by atoms with Crippen LogP contribution in [0.25, 0.3) is 0 Å². The molecule has 0 spiro atoms. The van der Waals surface area contributed by atoms with Crippen LogP contribution >= 0.6 is 11.6 Å². The maximum absolute atomic E-state index is 12.5. The highest BCUT2D eigenvalue weighted by molar-refractivity contribution is 7.89. The Bertz CT molecular complexity index is 627. The SMILES string of the molecule is NC1CCN(S(=O)(=O)c2cc(Cl)ccc2[N+](=O)[O-])CC1. The van der Waals surface area contributed by atoms with Crippen molar-refractivity contribution in [2.24, 2.45) is 5.73 Å². The first-order chi connectivity index (χ1) is 9.32. The predicted octanol–water partition coefficient (Wildman–Crippen LogP) is 1.36. The third kappa shape index (κ3) is 2.93. The summed E-state index contributed by atoms with van der Waals surface area (Å²) in [6.07, 6.45) is 1.07. The van der Waals surface area contributed by atoms with Crippen molar-refractivity contribution in [1.82, 2.24) is 4.31 Å². The molecule has 1 aromatic carbocycles. The average molecular weight is 320 g/mol. The topological polar surface area (TPSA) is 107 Å². The van der Waals surface area contributed by atoms with Crippen molar-refractivity contribution in [2.75, 3.05) is 13.1 Å². The quantitative estimate of drug-likeness (QED) is 0.668. The number of nitrogens with two attached hydrogens (primary N) is 1. The van der Waals surface area contributed by atoms with Gasteiger partial charge in [0.25, 0.3) is 5.69 Å². The molecule has 0 aromatic heterocycles. The van der Waals surface area contributed by atoms with Gasteiger partial charge in [0.15, 0.2) is 4.90 Å². The lowest BCUT2D eigenvalue weighted by molar-refractivity contribution is -0.387. The largest absolute Gasteiger partial charge is 0.328 e. The molecule has 20 heavy (non-hydrogen) atoms. The standard InChI is InChI=1S/C11H14ClN3O4S/c12-8-1-2-10(15(16)17)11(7-8)20(18,19)14-5-3-9(13)4-6-14/h1-2,7,9H,3-6,13H2. The Morgan fingerprint density at radius 2 is 1.95 bits per heavy atom. The highest BCUT2D eigenvalue weighted by atomic mass is 35.5. The van der Waals surface area contributed by atoms with Crippen molar-refractivity contribution in [3.05, 3.63) is 33.3 Å². The van der Waals surface area contributed by atoms with E-state index in [0.29, 0.717) is 12.8 Å². The zero-order chi connectivity index (χ0) is 14.9. The molecule has 0 atom stereocenters. The summed E-state index contributed by atoms with van der Waals surface area (Å²) >= 11 is 5.76. The molecule has 9 heteroatoms. The van der Waals surface area contributed by atoms with E-state index >= 15 is 0 Å². The number of piperidine rings is 1. The van der Waals surface area contributed by atoms with Gasteiger partial charge < -0.3 is 5.73 Å². The molecule has 2 rings (SSSR count). The van der Waals surface area contributed by atoms with Crippen LogP contribution in [0.5, 0.6) is 0 Å². The Labute approximate surface area is 121 Å². The van der Waals surface area contributed by atoms with Crippen LogP contribution in [-0.2, 0) is 10.0 Å². The fourth-order valence-electron chi connectivity index (χ4n) is 2.10. The smallest absolute Gasteiger partial charge is 0.289 e. The van der Waals surface area contributed by atoms with Crippen LogP contribution in [0.1, 0.15) is 12.8 Å². The van der Waals surface area contributed by atoms with E-state index in [4.69, 9.17) is 17.3 Å². The second-order valence-electron chi connectivity index (χ2n) is 4.61. The number of nitro benzene ring substituents is 1. The molecule has 1 fully saturated rings. The number of halogens is 1. The van der Waals surface area contributed by atoms with Gasteiger partial charge in [0, 0.05) is 30.2 Å². The van der Waals surface area contributed by atoms with E-state index in [1.165, 1.54) is 10.4 Å². The molecule has 7 nitrogen and oxygen atoms in total. The Morgan fingerprint density at radius 3 is 2.50 bits per heavy atom. The van der Waals surface area contributed by atoms with E-state index in [9.17, 15) is 18.5 Å². The molecular weight excluding hydrogens is 306 g/mol. The molecule has 110 valence electrons. The molecule has 0 saturated carbocycles. The zero-order valence-electron chi connectivity index (χ0n) is 10.5. The highest BCUT2D eigenvalue weighted by Gasteiger charge is 2.33. The van der Waals surface area contributed by atoms with Crippen molar-refractivity contribution in [2.45, 2.75) is 23.8 Å². The van der Waals surface area contributed by atoms with Crippen molar-refractivity contribution < 1.29 is 13.3 Å². The Balaban J connectivity index is 2.43. The van der Waals surface area contributed by atoms with Crippen molar-refractivity contribution in [1.29, 1.82) is 0 Å². The van der Waals surface area contributed by atoms with Gasteiger partial charge in [-0.2, -0.15) is 4.31 Å². The predicted molar refractivity (Wildman–Crippen MR) is 74.1 cm³/mol. The van der Waals surface area contributed by atoms with E-state index in [2.05, 4.69) is 0 Å². The van der Waals surface area contributed by atoms with Gasteiger partial charge in [-0.3, -0.25) is 10.1 Å². The molecule has 0 unspecified atom stereocenters. The number of sulfonamides is 1. The summed E-state index contributed by atoms with van der Waals surface area (Å²) in [6, 6.07) is 3.48. The van der Waals surface area contributed by atoms with Gasteiger partial charge >= 0.3 is 0 Å². The number of benzene rings is 1. The van der Waals surface area contributed by atoms with E-state index in [1.54, 1.807) is 0 Å². The molecule has 1 aliphatic heterocycles. The van der Waals surface area contributed by atoms with Crippen LogP contribution in [0, 0.1) is 10.1 Å². The van der Waals surface area contributed by atoms with Gasteiger partial charge in [0.1, 0.15) is 0 Å². The van der Waals surface area contributed by atoms with Crippen LogP contribution in [0.15, 0.2) is 23.1 Å². The van der Waals surface area contributed by atoms with Crippen molar-refractivity contribution >= 4 is 27.3 Å². The molecule has 1 saturated heterocycles. The van der Waals surface area contributed by atoms with Crippen molar-refractivity contribution in [3.63, 3.8) is 0 Å². The number of nitro groups is 1. The molecule has 0 radical (unpaired) electrons. The molecule has 0 bridgehead atoms. The number of hydrogen-bond acceptors (Lipinski definition) is 5. The molecule has 1 aromatic rings. The summed E-state index contributed by atoms with van der Waals surface area (Å²) in [5, 5.41) is 11.1. The summed E-state index contributed by atoms with van der Waals surface area (Å²) in [4.78, 5) is 9.88. The van der Waals surface area contributed by atoms with Gasteiger partial charge in [0.05, 0.1) is 4.92 Å². The number of rotatable bonds is 3. The summed E-state index contributed by atoms with van der Waals surface area (Å²) in [7, 11) is -3.93. The first-order valence-corrected chi connectivity index (χ1v) is 7.84. The van der Waals surface area contributed by atoms with Gasteiger partial charge in [-0.05, 0) is 25.0 Å². The minimum absolute atomic E-state index is 0.0317. The maximum atomic E-state index is 12.5. The third-order valence-corrected chi connectivity index (χ3v) is 5.40. The molecule has 1 aliphatic rings. The maximum Gasteiger partial charge on any atom is 0.289 e. The lowest BCUT2D eigenvalue weighted by Gasteiger charge is -2.29. The molecule has 2 N–H and O–H groups in total. The zero-order valence-corrected chi connectivity index (χ0v) is 12.1. The first-order valence-electron chi connectivity index (χ1n) is 6.02.